The minimum absolute atomic E-state index is 0.286. The highest BCUT2D eigenvalue weighted by Gasteiger charge is 2.54. The van der Waals surface area contributed by atoms with Crippen LogP contribution in [-0.4, -0.2) is 38.8 Å². The minimum Gasteiger partial charge on any atom is -0.481 e. The van der Waals surface area contributed by atoms with E-state index in [-0.39, 0.29) is 5.92 Å². The van der Waals surface area contributed by atoms with Crippen molar-refractivity contribution in [3.8, 4) is 5.69 Å². The number of hydrogen-bond donors (Lipinski definition) is 1. The van der Waals surface area contributed by atoms with Crippen LogP contribution < -0.4 is 0 Å². The van der Waals surface area contributed by atoms with Gasteiger partial charge in [-0.15, -0.1) is 0 Å². The second kappa shape index (κ2) is 5.90. The molecule has 4 rings (SSSR count). The molecule has 1 aromatic carbocycles. The van der Waals surface area contributed by atoms with Crippen LogP contribution in [0.1, 0.15) is 25.0 Å². The summed E-state index contributed by atoms with van der Waals surface area (Å²) in [7, 11) is 0. The van der Waals surface area contributed by atoms with Crippen LogP contribution in [0, 0.1) is 11.3 Å². The Morgan fingerprint density at radius 2 is 2.12 bits per heavy atom. The molecule has 2 aromatic rings. The van der Waals surface area contributed by atoms with E-state index in [9.17, 15) is 9.90 Å². The van der Waals surface area contributed by atoms with E-state index in [2.05, 4.69) is 10.00 Å². The molecule has 0 radical (unpaired) electrons. The molecular weight excluding hydrogens is 326 g/mol. The molecule has 2 fully saturated rings. The van der Waals surface area contributed by atoms with Crippen molar-refractivity contribution in [2.24, 2.45) is 11.3 Å². The lowest BCUT2D eigenvalue weighted by Gasteiger charge is -2.23. The van der Waals surface area contributed by atoms with Gasteiger partial charge in [-0.1, -0.05) is 18.0 Å². The average molecular weight is 346 g/mol. The lowest BCUT2D eigenvalue weighted by atomic mass is 9.81. The van der Waals surface area contributed by atoms with Crippen molar-refractivity contribution < 1.29 is 9.90 Å². The van der Waals surface area contributed by atoms with Gasteiger partial charge in [-0.3, -0.25) is 9.69 Å². The largest absolute Gasteiger partial charge is 0.481 e. The Morgan fingerprint density at radius 1 is 1.33 bits per heavy atom. The van der Waals surface area contributed by atoms with Gasteiger partial charge in [0, 0.05) is 30.9 Å². The molecule has 2 aliphatic rings. The van der Waals surface area contributed by atoms with Crippen LogP contribution in [0.4, 0.5) is 0 Å². The Hall–Kier alpha value is -1.85. The van der Waals surface area contributed by atoms with Gasteiger partial charge < -0.3 is 5.11 Å². The van der Waals surface area contributed by atoms with E-state index in [0.29, 0.717) is 18.1 Å². The number of fused-ring (bicyclic) bond motifs is 1. The SMILES string of the molecule is O=C(O)[C@@]12CCC[C@H]1CN(Cc1ccn(-c3ccc(Cl)cc3)n1)C2. The zero-order valence-corrected chi connectivity index (χ0v) is 14.1. The molecule has 2 atom stereocenters. The standard InChI is InChI=1S/C18H20ClN3O2/c19-14-3-5-16(6-4-14)22-9-7-15(20-22)11-21-10-13-2-1-8-18(13,12-21)17(23)24/h3-7,9,13H,1-2,8,10-12H2,(H,23,24)/t13-,18+/m0/s1. The van der Waals surface area contributed by atoms with E-state index < -0.39 is 11.4 Å². The van der Waals surface area contributed by atoms with E-state index in [0.717, 1.165) is 37.2 Å². The Balaban J connectivity index is 1.47. The summed E-state index contributed by atoms with van der Waals surface area (Å²) in [5.74, 6) is -0.340. The Morgan fingerprint density at radius 3 is 2.83 bits per heavy atom. The van der Waals surface area contributed by atoms with E-state index in [1.807, 2.05) is 41.2 Å². The summed E-state index contributed by atoms with van der Waals surface area (Å²) in [6.07, 6.45) is 4.81. The normalized spacial score (nSPS) is 26.6. The first kappa shape index (κ1) is 15.7. The summed E-state index contributed by atoms with van der Waals surface area (Å²) in [5, 5.41) is 15.0. The lowest BCUT2D eigenvalue weighted by Crippen LogP contribution is -2.35. The third-order valence-corrected chi connectivity index (χ3v) is 5.74. The van der Waals surface area contributed by atoms with Gasteiger partial charge in [0.1, 0.15) is 0 Å². The highest BCUT2D eigenvalue weighted by Crippen LogP contribution is 2.49. The number of benzene rings is 1. The fourth-order valence-electron chi connectivity index (χ4n) is 4.28. The molecule has 1 aliphatic heterocycles. The van der Waals surface area contributed by atoms with Crippen molar-refractivity contribution in [1.82, 2.24) is 14.7 Å². The first-order valence-electron chi connectivity index (χ1n) is 8.33. The van der Waals surface area contributed by atoms with Crippen LogP contribution in [0.5, 0.6) is 0 Å². The van der Waals surface area contributed by atoms with Crippen molar-refractivity contribution in [3.63, 3.8) is 0 Å². The highest BCUT2D eigenvalue weighted by molar-refractivity contribution is 6.30. The van der Waals surface area contributed by atoms with Crippen LogP contribution in [0.3, 0.4) is 0 Å². The Kier molecular flexibility index (Phi) is 3.85. The summed E-state index contributed by atoms with van der Waals surface area (Å²) in [6, 6.07) is 9.54. The first-order valence-corrected chi connectivity index (χ1v) is 8.71. The van der Waals surface area contributed by atoms with Crippen LogP contribution in [0.25, 0.3) is 5.69 Å². The van der Waals surface area contributed by atoms with E-state index in [1.54, 1.807) is 0 Å². The fourth-order valence-corrected chi connectivity index (χ4v) is 4.40. The van der Waals surface area contributed by atoms with Gasteiger partial charge in [0.2, 0.25) is 0 Å². The average Bonchev–Trinajstić information content (AvgIpc) is 3.22. The third-order valence-electron chi connectivity index (χ3n) is 5.49. The highest BCUT2D eigenvalue weighted by atomic mass is 35.5. The second-order valence-corrected chi connectivity index (χ2v) is 7.38. The number of carboxylic acid groups (broad SMARTS) is 1. The first-order chi connectivity index (χ1) is 11.6. The number of halogens is 1. The summed E-state index contributed by atoms with van der Waals surface area (Å²) >= 11 is 5.92. The molecule has 1 saturated heterocycles. The molecule has 0 spiro atoms. The Labute approximate surface area is 145 Å². The number of hydrogen-bond acceptors (Lipinski definition) is 3. The summed E-state index contributed by atoms with van der Waals surface area (Å²) in [6.45, 7) is 2.20. The van der Waals surface area contributed by atoms with Crippen LogP contribution in [0.2, 0.25) is 5.02 Å². The lowest BCUT2D eigenvalue weighted by molar-refractivity contribution is -0.149. The Bertz CT molecular complexity index is 758. The van der Waals surface area contributed by atoms with Crippen molar-refractivity contribution in [2.45, 2.75) is 25.8 Å². The number of nitrogens with zero attached hydrogens (tertiary/aromatic N) is 3. The summed E-state index contributed by atoms with van der Waals surface area (Å²) in [5.41, 5.74) is 1.40. The van der Waals surface area contributed by atoms with Crippen molar-refractivity contribution in [1.29, 1.82) is 0 Å². The zero-order chi connectivity index (χ0) is 16.7. The van der Waals surface area contributed by atoms with Gasteiger partial charge in [0.25, 0.3) is 0 Å². The molecule has 1 N–H and O–H groups in total. The van der Waals surface area contributed by atoms with E-state index in [1.165, 1.54) is 0 Å². The summed E-state index contributed by atoms with van der Waals surface area (Å²) in [4.78, 5) is 14.0. The van der Waals surface area contributed by atoms with Gasteiger partial charge in [-0.05, 0) is 49.1 Å². The monoisotopic (exact) mass is 345 g/mol. The van der Waals surface area contributed by atoms with Crippen LogP contribution >= 0.6 is 11.6 Å². The molecule has 1 saturated carbocycles. The topological polar surface area (TPSA) is 58.4 Å². The van der Waals surface area contributed by atoms with Gasteiger partial charge >= 0.3 is 5.97 Å². The van der Waals surface area contributed by atoms with Crippen LogP contribution in [-0.2, 0) is 11.3 Å². The van der Waals surface area contributed by atoms with E-state index >= 15 is 0 Å². The predicted molar refractivity (Wildman–Crippen MR) is 91.3 cm³/mol. The maximum Gasteiger partial charge on any atom is 0.311 e. The van der Waals surface area contributed by atoms with Crippen LogP contribution in [0.15, 0.2) is 36.5 Å². The molecule has 0 bridgehead atoms. The predicted octanol–water partition coefficient (Wildman–Crippen LogP) is 3.21. The van der Waals surface area contributed by atoms with Crippen molar-refractivity contribution in [2.75, 3.05) is 13.1 Å². The quantitative estimate of drug-likeness (QED) is 0.924. The molecule has 6 heteroatoms. The van der Waals surface area contributed by atoms with Gasteiger partial charge in [-0.25, -0.2) is 4.68 Å². The molecule has 24 heavy (non-hydrogen) atoms. The van der Waals surface area contributed by atoms with Gasteiger partial charge in [0.15, 0.2) is 0 Å². The number of carbonyl (C=O) groups is 1. The molecule has 1 aromatic heterocycles. The number of rotatable bonds is 4. The minimum atomic E-state index is -0.626. The molecule has 0 unspecified atom stereocenters. The van der Waals surface area contributed by atoms with Gasteiger partial charge in [0.05, 0.1) is 16.8 Å². The molecule has 2 heterocycles. The smallest absolute Gasteiger partial charge is 0.311 e. The molecular formula is C18H20ClN3O2. The molecule has 0 amide bonds. The molecule has 5 nitrogen and oxygen atoms in total. The number of likely N-dealkylation sites (tertiary alicyclic amines) is 1. The van der Waals surface area contributed by atoms with E-state index in [4.69, 9.17) is 11.6 Å². The maximum atomic E-state index is 11.8. The van der Waals surface area contributed by atoms with Crippen molar-refractivity contribution >= 4 is 17.6 Å². The number of aromatic nitrogens is 2. The van der Waals surface area contributed by atoms with Gasteiger partial charge in [-0.2, -0.15) is 5.10 Å². The number of aliphatic carboxylic acids is 1. The summed E-state index contributed by atoms with van der Waals surface area (Å²) < 4.78 is 1.83. The molecule has 1 aliphatic carbocycles. The zero-order valence-electron chi connectivity index (χ0n) is 13.4. The number of carboxylic acids is 1. The maximum absolute atomic E-state index is 11.8. The third kappa shape index (κ3) is 2.62. The van der Waals surface area contributed by atoms with Crippen molar-refractivity contribution in [3.05, 3.63) is 47.2 Å². The molecule has 126 valence electrons. The second-order valence-electron chi connectivity index (χ2n) is 6.95. The fraction of sp³-hybridized carbons (Fsp3) is 0.444.